The third kappa shape index (κ3) is 1.22. The molecule has 10 heavy (non-hydrogen) atoms. The lowest BCUT2D eigenvalue weighted by Crippen LogP contribution is -1.95. The lowest BCUT2D eigenvalue weighted by molar-refractivity contribution is 0.270. The molecule has 0 saturated heterocycles. The zero-order valence-corrected chi connectivity index (χ0v) is 5.61. The molecule has 0 spiro atoms. The smallest absolute Gasteiger partial charge is 0.221 e. The second-order valence-corrected chi connectivity index (χ2v) is 1.72. The van der Waals surface area contributed by atoms with Crippen LogP contribution in [0.3, 0.4) is 0 Å². The van der Waals surface area contributed by atoms with Crippen LogP contribution in [0.5, 0.6) is 5.88 Å². The Morgan fingerprint density at radius 2 is 2.50 bits per heavy atom. The summed E-state index contributed by atoms with van der Waals surface area (Å²) < 4.78 is 4.83. The normalized spacial score (nSPS) is 9.40. The van der Waals surface area contributed by atoms with Crippen LogP contribution in [0.15, 0.2) is 12.5 Å². The Kier molecular flexibility index (Phi) is 2.17. The number of methoxy groups -OCH3 is 1. The minimum atomic E-state index is -0.0932. The number of ether oxygens (including phenoxy) is 1. The first-order valence-electron chi connectivity index (χ1n) is 2.82. The first-order chi connectivity index (χ1) is 4.88. The van der Waals surface area contributed by atoms with E-state index < -0.39 is 0 Å². The summed E-state index contributed by atoms with van der Waals surface area (Å²) in [5, 5.41) is 8.69. The van der Waals surface area contributed by atoms with Crippen molar-refractivity contribution < 1.29 is 9.84 Å². The van der Waals surface area contributed by atoms with Crippen LogP contribution in [-0.2, 0) is 6.61 Å². The Bertz CT molecular complexity index is 192. The van der Waals surface area contributed by atoms with Crippen LogP contribution < -0.4 is 4.74 Å². The maximum absolute atomic E-state index is 8.69. The van der Waals surface area contributed by atoms with Gasteiger partial charge in [-0.05, 0) is 0 Å². The van der Waals surface area contributed by atoms with Crippen LogP contribution in [0.4, 0.5) is 0 Å². The summed E-state index contributed by atoms with van der Waals surface area (Å²) >= 11 is 0. The SMILES string of the molecule is COc1ncncc1CO. The Morgan fingerprint density at radius 1 is 1.70 bits per heavy atom. The van der Waals surface area contributed by atoms with E-state index in [2.05, 4.69) is 9.97 Å². The van der Waals surface area contributed by atoms with Crippen LogP contribution in [0, 0.1) is 0 Å². The van der Waals surface area contributed by atoms with Crippen molar-refractivity contribution >= 4 is 0 Å². The van der Waals surface area contributed by atoms with Crippen molar-refractivity contribution in [3.8, 4) is 5.88 Å². The van der Waals surface area contributed by atoms with Gasteiger partial charge in [0, 0.05) is 6.20 Å². The Labute approximate surface area is 58.5 Å². The number of hydrogen-bond donors (Lipinski definition) is 1. The van der Waals surface area contributed by atoms with Gasteiger partial charge >= 0.3 is 0 Å². The van der Waals surface area contributed by atoms with E-state index in [1.165, 1.54) is 19.6 Å². The van der Waals surface area contributed by atoms with Gasteiger partial charge in [-0.2, -0.15) is 0 Å². The molecule has 1 rings (SSSR count). The molecule has 0 atom stereocenters. The molecule has 4 nitrogen and oxygen atoms in total. The van der Waals surface area contributed by atoms with E-state index in [1.54, 1.807) is 0 Å². The van der Waals surface area contributed by atoms with Gasteiger partial charge in [0.1, 0.15) is 6.33 Å². The fourth-order valence-electron chi connectivity index (χ4n) is 0.639. The highest BCUT2D eigenvalue weighted by Gasteiger charge is 1.99. The third-order valence-corrected chi connectivity index (χ3v) is 1.11. The van der Waals surface area contributed by atoms with Crippen molar-refractivity contribution in [1.82, 2.24) is 9.97 Å². The number of aliphatic hydroxyl groups excluding tert-OH is 1. The van der Waals surface area contributed by atoms with E-state index in [0.29, 0.717) is 11.4 Å². The van der Waals surface area contributed by atoms with Crippen LogP contribution >= 0.6 is 0 Å². The molecule has 0 fully saturated rings. The fourth-order valence-corrected chi connectivity index (χ4v) is 0.639. The summed E-state index contributed by atoms with van der Waals surface area (Å²) in [6.07, 6.45) is 2.89. The van der Waals surface area contributed by atoms with Crippen molar-refractivity contribution in [2.24, 2.45) is 0 Å². The molecular formula is C6H8N2O2. The van der Waals surface area contributed by atoms with E-state index in [4.69, 9.17) is 9.84 Å². The zero-order valence-electron chi connectivity index (χ0n) is 5.61. The van der Waals surface area contributed by atoms with Gasteiger partial charge in [-0.1, -0.05) is 0 Å². The van der Waals surface area contributed by atoms with Gasteiger partial charge < -0.3 is 9.84 Å². The summed E-state index contributed by atoms with van der Waals surface area (Å²) in [5.41, 5.74) is 0.602. The minimum absolute atomic E-state index is 0.0932. The lowest BCUT2D eigenvalue weighted by Gasteiger charge is -2.00. The van der Waals surface area contributed by atoms with Crippen LogP contribution in [0.1, 0.15) is 5.56 Å². The lowest BCUT2D eigenvalue weighted by atomic mass is 10.3. The van der Waals surface area contributed by atoms with Crippen molar-refractivity contribution in [3.05, 3.63) is 18.1 Å². The zero-order chi connectivity index (χ0) is 7.40. The van der Waals surface area contributed by atoms with Gasteiger partial charge in [0.25, 0.3) is 0 Å². The Hall–Kier alpha value is -1.16. The standard InChI is InChI=1S/C6H8N2O2/c1-10-6-5(3-9)2-7-4-8-6/h2,4,9H,3H2,1H3. The maximum Gasteiger partial charge on any atom is 0.221 e. The molecule has 0 aliphatic rings. The highest BCUT2D eigenvalue weighted by Crippen LogP contribution is 2.10. The minimum Gasteiger partial charge on any atom is -0.481 e. The van der Waals surface area contributed by atoms with Crippen molar-refractivity contribution in [1.29, 1.82) is 0 Å². The molecular weight excluding hydrogens is 132 g/mol. The van der Waals surface area contributed by atoms with Gasteiger partial charge in [-0.3, -0.25) is 0 Å². The predicted octanol–water partition coefficient (Wildman–Crippen LogP) is -0.0225. The maximum atomic E-state index is 8.69. The Balaban J connectivity index is 2.96. The highest BCUT2D eigenvalue weighted by molar-refractivity contribution is 5.20. The summed E-state index contributed by atoms with van der Waals surface area (Å²) in [6, 6.07) is 0. The predicted molar refractivity (Wildman–Crippen MR) is 34.5 cm³/mol. The molecule has 1 heterocycles. The third-order valence-electron chi connectivity index (χ3n) is 1.11. The van der Waals surface area contributed by atoms with Crippen molar-refractivity contribution in [2.45, 2.75) is 6.61 Å². The van der Waals surface area contributed by atoms with Gasteiger partial charge in [0.2, 0.25) is 5.88 Å². The number of hydrogen-bond acceptors (Lipinski definition) is 4. The molecule has 1 N–H and O–H groups in total. The molecule has 0 aliphatic heterocycles. The number of aromatic nitrogens is 2. The van der Waals surface area contributed by atoms with Gasteiger partial charge in [0.05, 0.1) is 19.3 Å². The van der Waals surface area contributed by atoms with E-state index in [9.17, 15) is 0 Å². The molecule has 54 valence electrons. The topological polar surface area (TPSA) is 55.2 Å². The molecule has 0 aromatic carbocycles. The highest BCUT2D eigenvalue weighted by atomic mass is 16.5. The summed E-state index contributed by atoms with van der Waals surface area (Å²) in [6.45, 7) is -0.0932. The number of rotatable bonds is 2. The van der Waals surface area contributed by atoms with Crippen molar-refractivity contribution in [3.63, 3.8) is 0 Å². The van der Waals surface area contributed by atoms with E-state index in [-0.39, 0.29) is 6.61 Å². The average molecular weight is 140 g/mol. The van der Waals surface area contributed by atoms with Crippen LogP contribution in [0.2, 0.25) is 0 Å². The molecule has 1 aromatic heterocycles. The van der Waals surface area contributed by atoms with Gasteiger partial charge in [-0.25, -0.2) is 9.97 Å². The monoisotopic (exact) mass is 140 g/mol. The van der Waals surface area contributed by atoms with E-state index >= 15 is 0 Å². The fraction of sp³-hybridized carbons (Fsp3) is 0.333. The molecule has 4 heteroatoms. The molecule has 0 radical (unpaired) electrons. The molecule has 0 aliphatic carbocycles. The second-order valence-electron chi connectivity index (χ2n) is 1.72. The van der Waals surface area contributed by atoms with Crippen molar-refractivity contribution in [2.75, 3.05) is 7.11 Å². The van der Waals surface area contributed by atoms with Crippen LogP contribution in [0.25, 0.3) is 0 Å². The van der Waals surface area contributed by atoms with E-state index in [1.807, 2.05) is 0 Å². The van der Waals surface area contributed by atoms with Gasteiger partial charge in [-0.15, -0.1) is 0 Å². The Morgan fingerprint density at radius 3 is 3.00 bits per heavy atom. The molecule has 0 saturated carbocycles. The molecule has 0 amide bonds. The average Bonchev–Trinajstić information content (AvgIpc) is 2.04. The summed E-state index contributed by atoms with van der Waals surface area (Å²) in [7, 11) is 1.50. The second kappa shape index (κ2) is 3.12. The first kappa shape index (κ1) is 6.95. The van der Waals surface area contributed by atoms with E-state index in [0.717, 1.165) is 0 Å². The molecule has 0 unspecified atom stereocenters. The summed E-state index contributed by atoms with van der Waals surface area (Å²) in [4.78, 5) is 7.49. The number of nitrogens with zero attached hydrogens (tertiary/aromatic N) is 2. The molecule has 0 bridgehead atoms. The first-order valence-corrected chi connectivity index (χ1v) is 2.82. The summed E-state index contributed by atoms with van der Waals surface area (Å²) in [5.74, 6) is 0.428. The largest absolute Gasteiger partial charge is 0.481 e. The van der Waals surface area contributed by atoms with Gasteiger partial charge in [0.15, 0.2) is 0 Å². The van der Waals surface area contributed by atoms with Crippen LogP contribution in [-0.4, -0.2) is 22.2 Å². The molecule has 1 aromatic rings. The number of aliphatic hydroxyl groups is 1. The quantitative estimate of drug-likeness (QED) is 0.627.